The van der Waals surface area contributed by atoms with E-state index in [1.807, 2.05) is 6.07 Å². The molecule has 0 fully saturated rings. The van der Waals surface area contributed by atoms with Crippen LogP contribution in [0, 0.1) is 11.3 Å². The number of benzene rings is 2. The lowest BCUT2D eigenvalue weighted by molar-refractivity contribution is 0.0695. The molecule has 0 unspecified atom stereocenters. The standard InChI is InChI=1S/C20H13N3O5/c21-9-10-3-1-4-11(7-10)12-5-2-6-13(8-12)14-15(19(25)26)17(22)23-18(24)16(14)20(27)28/h1-8H,(H,25,26)(H,27,28)(H3,22,23,24). The number of nitriles is 1. The van der Waals surface area contributed by atoms with E-state index in [1.165, 1.54) is 6.07 Å². The Bertz CT molecular complexity index is 1220. The second-order valence-corrected chi connectivity index (χ2v) is 5.88. The van der Waals surface area contributed by atoms with Gasteiger partial charge in [-0.2, -0.15) is 5.26 Å². The zero-order chi connectivity index (χ0) is 20.4. The van der Waals surface area contributed by atoms with Crippen molar-refractivity contribution in [3.8, 4) is 28.3 Å². The molecule has 0 radical (unpaired) electrons. The Labute approximate surface area is 158 Å². The Morgan fingerprint density at radius 1 is 0.929 bits per heavy atom. The quantitative estimate of drug-likeness (QED) is 0.545. The highest BCUT2D eigenvalue weighted by atomic mass is 16.4. The van der Waals surface area contributed by atoms with E-state index < -0.39 is 34.4 Å². The molecular weight excluding hydrogens is 362 g/mol. The number of nitrogens with zero attached hydrogens (tertiary/aromatic N) is 1. The maximum Gasteiger partial charge on any atom is 0.342 e. The number of rotatable bonds is 4. The van der Waals surface area contributed by atoms with Gasteiger partial charge in [0.05, 0.1) is 11.6 Å². The van der Waals surface area contributed by atoms with Crippen LogP contribution in [0.4, 0.5) is 5.82 Å². The summed E-state index contributed by atoms with van der Waals surface area (Å²) in [7, 11) is 0. The molecule has 0 saturated heterocycles. The van der Waals surface area contributed by atoms with Gasteiger partial charge in [-0.25, -0.2) is 9.59 Å². The van der Waals surface area contributed by atoms with Crippen molar-refractivity contribution in [2.24, 2.45) is 0 Å². The van der Waals surface area contributed by atoms with Gasteiger partial charge in [0.2, 0.25) is 0 Å². The first-order chi connectivity index (χ1) is 13.3. The summed E-state index contributed by atoms with van der Waals surface area (Å²) in [6, 6.07) is 15.1. The van der Waals surface area contributed by atoms with Gasteiger partial charge in [0, 0.05) is 5.56 Å². The van der Waals surface area contributed by atoms with Crippen LogP contribution in [0.2, 0.25) is 0 Å². The molecule has 0 amide bonds. The third-order valence-corrected chi connectivity index (χ3v) is 4.15. The molecule has 138 valence electrons. The smallest absolute Gasteiger partial charge is 0.342 e. The molecule has 0 bridgehead atoms. The first-order valence-corrected chi connectivity index (χ1v) is 7.96. The van der Waals surface area contributed by atoms with Crippen molar-refractivity contribution >= 4 is 17.8 Å². The van der Waals surface area contributed by atoms with E-state index in [9.17, 15) is 24.6 Å². The van der Waals surface area contributed by atoms with Crippen LogP contribution >= 0.6 is 0 Å². The fraction of sp³-hybridized carbons (Fsp3) is 0. The molecular formula is C20H13N3O5. The molecule has 3 rings (SSSR count). The molecule has 8 nitrogen and oxygen atoms in total. The average Bonchev–Trinajstić information content (AvgIpc) is 2.66. The van der Waals surface area contributed by atoms with Crippen LogP contribution in [0.5, 0.6) is 0 Å². The zero-order valence-electron chi connectivity index (χ0n) is 14.3. The molecule has 8 heteroatoms. The molecule has 0 atom stereocenters. The highest BCUT2D eigenvalue weighted by Gasteiger charge is 2.26. The first kappa shape index (κ1) is 18.4. The van der Waals surface area contributed by atoms with Crippen LogP contribution < -0.4 is 11.3 Å². The van der Waals surface area contributed by atoms with Gasteiger partial charge in [-0.15, -0.1) is 0 Å². The van der Waals surface area contributed by atoms with Gasteiger partial charge < -0.3 is 20.9 Å². The van der Waals surface area contributed by atoms with Crippen LogP contribution in [-0.2, 0) is 0 Å². The average molecular weight is 375 g/mol. The number of nitrogens with two attached hydrogens (primary N) is 1. The minimum atomic E-state index is -1.57. The second kappa shape index (κ2) is 7.09. The monoisotopic (exact) mass is 375 g/mol. The van der Waals surface area contributed by atoms with E-state index in [4.69, 9.17) is 11.0 Å². The Hall–Kier alpha value is -4.38. The molecule has 0 saturated carbocycles. The molecule has 1 heterocycles. The maximum absolute atomic E-state index is 12.1. The number of aromatic amines is 1. The van der Waals surface area contributed by atoms with Crippen molar-refractivity contribution in [1.82, 2.24) is 4.98 Å². The summed E-state index contributed by atoms with van der Waals surface area (Å²) in [5.74, 6) is -3.48. The number of hydrogen-bond donors (Lipinski definition) is 4. The molecule has 1 aromatic heterocycles. The summed E-state index contributed by atoms with van der Waals surface area (Å²) in [4.78, 5) is 37.6. The highest BCUT2D eigenvalue weighted by Crippen LogP contribution is 2.32. The molecule has 0 aliphatic carbocycles. The molecule has 0 spiro atoms. The van der Waals surface area contributed by atoms with Gasteiger partial charge in [0.15, 0.2) is 0 Å². The van der Waals surface area contributed by atoms with Gasteiger partial charge in [-0.1, -0.05) is 30.3 Å². The Morgan fingerprint density at radius 2 is 1.50 bits per heavy atom. The van der Waals surface area contributed by atoms with E-state index in [1.54, 1.807) is 42.5 Å². The minimum absolute atomic E-state index is 0.201. The molecule has 0 aliphatic heterocycles. The number of pyridine rings is 1. The number of carboxylic acids is 2. The minimum Gasteiger partial charge on any atom is -0.478 e. The Kier molecular flexibility index (Phi) is 4.66. The lowest BCUT2D eigenvalue weighted by atomic mass is 9.92. The van der Waals surface area contributed by atoms with Gasteiger partial charge in [0.1, 0.15) is 16.9 Å². The number of aromatic nitrogens is 1. The van der Waals surface area contributed by atoms with E-state index >= 15 is 0 Å². The maximum atomic E-state index is 12.1. The summed E-state index contributed by atoms with van der Waals surface area (Å²) in [6.07, 6.45) is 0. The number of anilines is 1. The number of aromatic carboxylic acids is 2. The van der Waals surface area contributed by atoms with Crippen LogP contribution in [0.25, 0.3) is 22.3 Å². The van der Waals surface area contributed by atoms with E-state index in [2.05, 4.69) is 4.98 Å². The van der Waals surface area contributed by atoms with Crippen molar-refractivity contribution in [2.45, 2.75) is 0 Å². The Morgan fingerprint density at radius 3 is 2.11 bits per heavy atom. The summed E-state index contributed by atoms with van der Waals surface area (Å²) in [5, 5.41) is 28.1. The number of H-pyrrole nitrogens is 1. The number of nitrogens with one attached hydrogen (secondary N) is 1. The summed E-state index contributed by atoms with van der Waals surface area (Å²) in [6.45, 7) is 0. The fourth-order valence-electron chi connectivity index (χ4n) is 2.96. The first-order valence-electron chi connectivity index (χ1n) is 7.96. The van der Waals surface area contributed by atoms with E-state index in [-0.39, 0.29) is 11.1 Å². The van der Waals surface area contributed by atoms with E-state index in [0.717, 1.165) is 0 Å². The molecule has 3 aromatic rings. The Balaban J connectivity index is 2.33. The lowest BCUT2D eigenvalue weighted by Crippen LogP contribution is -2.24. The summed E-state index contributed by atoms with van der Waals surface area (Å²) >= 11 is 0. The van der Waals surface area contributed by atoms with Crippen LogP contribution in [-0.4, -0.2) is 27.1 Å². The number of carboxylic acid groups (broad SMARTS) is 2. The predicted octanol–water partition coefficient (Wildman–Crippen LogP) is 2.56. The van der Waals surface area contributed by atoms with Crippen molar-refractivity contribution in [3.63, 3.8) is 0 Å². The van der Waals surface area contributed by atoms with E-state index in [0.29, 0.717) is 16.7 Å². The third kappa shape index (κ3) is 3.20. The summed E-state index contributed by atoms with van der Waals surface area (Å²) < 4.78 is 0. The topological polar surface area (TPSA) is 157 Å². The normalized spacial score (nSPS) is 10.2. The number of carbonyl (C=O) groups is 2. The van der Waals surface area contributed by atoms with Crippen LogP contribution in [0.15, 0.2) is 53.3 Å². The fourth-order valence-corrected chi connectivity index (χ4v) is 2.96. The number of nitrogen functional groups attached to an aromatic ring is 1. The number of hydrogen-bond acceptors (Lipinski definition) is 5. The lowest BCUT2D eigenvalue weighted by Gasteiger charge is -2.13. The van der Waals surface area contributed by atoms with Gasteiger partial charge in [-0.05, 0) is 34.9 Å². The predicted molar refractivity (Wildman–Crippen MR) is 101 cm³/mol. The van der Waals surface area contributed by atoms with Gasteiger partial charge in [-0.3, -0.25) is 4.79 Å². The molecule has 5 N–H and O–H groups in total. The van der Waals surface area contributed by atoms with Crippen LogP contribution in [0.3, 0.4) is 0 Å². The second-order valence-electron chi connectivity index (χ2n) is 5.88. The zero-order valence-corrected chi connectivity index (χ0v) is 14.3. The highest BCUT2D eigenvalue weighted by molar-refractivity contribution is 6.07. The largest absolute Gasteiger partial charge is 0.478 e. The van der Waals surface area contributed by atoms with Crippen molar-refractivity contribution in [2.75, 3.05) is 5.73 Å². The summed E-state index contributed by atoms with van der Waals surface area (Å²) in [5.41, 5.74) is 5.08. The van der Waals surface area contributed by atoms with Crippen molar-refractivity contribution < 1.29 is 19.8 Å². The molecule has 2 aromatic carbocycles. The molecule has 28 heavy (non-hydrogen) atoms. The SMILES string of the molecule is N#Cc1cccc(-c2cccc(-c3c(C(=O)O)c(N)[nH]c(=O)c3C(=O)O)c2)c1. The third-order valence-electron chi connectivity index (χ3n) is 4.15. The van der Waals surface area contributed by atoms with Crippen LogP contribution in [0.1, 0.15) is 26.3 Å². The molecule has 0 aliphatic rings. The van der Waals surface area contributed by atoms with Gasteiger partial charge in [0.25, 0.3) is 5.56 Å². The van der Waals surface area contributed by atoms with Crippen molar-refractivity contribution in [3.05, 3.63) is 75.6 Å². The van der Waals surface area contributed by atoms with Crippen molar-refractivity contribution in [1.29, 1.82) is 5.26 Å². The van der Waals surface area contributed by atoms with Gasteiger partial charge >= 0.3 is 11.9 Å².